The molecule has 0 amide bonds. The summed E-state index contributed by atoms with van der Waals surface area (Å²) in [7, 11) is 1.82. The summed E-state index contributed by atoms with van der Waals surface area (Å²) in [6.45, 7) is 5.30. The van der Waals surface area contributed by atoms with Gasteiger partial charge in [-0.05, 0) is 38.7 Å². The van der Waals surface area contributed by atoms with Crippen molar-refractivity contribution >= 4 is 0 Å². The van der Waals surface area contributed by atoms with Crippen LogP contribution in [0.3, 0.4) is 0 Å². The van der Waals surface area contributed by atoms with E-state index in [1.807, 2.05) is 7.11 Å². The molecule has 1 N–H and O–H groups in total. The van der Waals surface area contributed by atoms with E-state index in [9.17, 15) is 0 Å². The maximum absolute atomic E-state index is 5.39. The van der Waals surface area contributed by atoms with E-state index in [0.717, 1.165) is 13.0 Å². The van der Waals surface area contributed by atoms with Crippen LogP contribution in [0.15, 0.2) is 18.2 Å². The summed E-state index contributed by atoms with van der Waals surface area (Å²) in [6.07, 6.45) is 4.05. The summed E-state index contributed by atoms with van der Waals surface area (Å²) in [5, 5.41) is 3.64. The number of rotatable bonds is 4. The molecule has 2 atom stereocenters. The quantitative estimate of drug-likeness (QED) is 0.863. The van der Waals surface area contributed by atoms with Gasteiger partial charge in [0.15, 0.2) is 0 Å². The maximum Gasteiger partial charge on any atom is 0.0586 e. The van der Waals surface area contributed by atoms with Gasteiger partial charge in [-0.25, -0.2) is 0 Å². The van der Waals surface area contributed by atoms with Crippen LogP contribution in [-0.2, 0) is 11.3 Å². The molecule has 2 heteroatoms. The fourth-order valence-electron chi connectivity index (χ4n) is 2.77. The van der Waals surface area contributed by atoms with Crippen LogP contribution in [0.2, 0.25) is 0 Å². The lowest BCUT2D eigenvalue weighted by Crippen LogP contribution is -2.26. The molecule has 1 aromatic rings. The molecule has 0 heterocycles. The molecule has 0 aliphatic heterocycles. The standard InChI is InChI=1S/C15H23NO/c1-11-6-12(2)8-13(7-11)10-16-14-4-5-15(9-14)17-3/h6-8,14-16H,4-5,9-10H2,1-3H3. The van der Waals surface area contributed by atoms with Crippen LogP contribution in [0, 0.1) is 13.8 Å². The van der Waals surface area contributed by atoms with Crippen LogP contribution >= 0.6 is 0 Å². The Balaban J connectivity index is 1.85. The second-order valence-corrected chi connectivity index (χ2v) is 5.24. The Morgan fingerprint density at radius 3 is 2.47 bits per heavy atom. The number of nitrogens with one attached hydrogen (secondary N) is 1. The molecule has 94 valence electrons. The van der Waals surface area contributed by atoms with Crippen molar-refractivity contribution < 1.29 is 4.74 Å². The van der Waals surface area contributed by atoms with Gasteiger partial charge in [-0.2, -0.15) is 0 Å². The molecule has 1 fully saturated rings. The lowest BCUT2D eigenvalue weighted by molar-refractivity contribution is 0.107. The normalized spacial score (nSPS) is 24.2. The van der Waals surface area contributed by atoms with E-state index >= 15 is 0 Å². The van der Waals surface area contributed by atoms with Crippen LogP contribution < -0.4 is 5.32 Å². The lowest BCUT2D eigenvalue weighted by atomic mass is 10.1. The zero-order valence-electron chi connectivity index (χ0n) is 11.1. The Kier molecular flexibility index (Phi) is 4.19. The van der Waals surface area contributed by atoms with Crippen LogP contribution in [-0.4, -0.2) is 19.3 Å². The van der Waals surface area contributed by atoms with Gasteiger partial charge in [0.2, 0.25) is 0 Å². The van der Waals surface area contributed by atoms with E-state index in [4.69, 9.17) is 4.74 Å². The molecule has 2 nitrogen and oxygen atoms in total. The maximum atomic E-state index is 5.39. The van der Waals surface area contributed by atoms with Crippen molar-refractivity contribution in [2.24, 2.45) is 0 Å². The minimum absolute atomic E-state index is 0.465. The lowest BCUT2D eigenvalue weighted by Gasteiger charge is -2.13. The third-order valence-corrected chi connectivity index (χ3v) is 3.59. The fourth-order valence-corrected chi connectivity index (χ4v) is 2.77. The second-order valence-electron chi connectivity index (χ2n) is 5.24. The molecule has 0 radical (unpaired) electrons. The molecule has 0 saturated heterocycles. The first-order valence-corrected chi connectivity index (χ1v) is 6.50. The average Bonchev–Trinajstić information content (AvgIpc) is 2.73. The Bertz CT molecular complexity index is 355. The predicted molar refractivity (Wildman–Crippen MR) is 71.2 cm³/mol. The van der Waals surface area contributed by atoms with Gasteiger partial charge in [0.25, 0.3) is 0 Å². The highest BCUT2D eigenvalue weighted by Gasteiger charge is 2.23. The van der Waals surface area contributed by atoms with Crippen molar-refractivity contribution in [2.75, 3.05) is 7.11 Å². The minimum Gasteiger partial charge on any atom is -0.381 e. The molecular formula is C15H23NO. The van der Waals surface area contributed by atoms with Crippen LogP contribution in [0.25, 0.3) is 0 Å². The second kappa shape index (κ2) is 5.65. The van der Waals surface area contributed by atoms with Gasteiger partial charge in [0, 0.05) is 19.7 Å². The summed E-state index contributed by atoms with van der Waals surface area (Å²) in [6, 6.07) is 7.38. The monoisotopic (exact) mass is 233 g/mol. The van der Waals surface area contributed by atoms with Gasteiger partial charge in [-0.3, -0.25) is 0 Å². The molecule has 0 bridgehead atoms. The molecule has 0 spiro atoms. The van der Waals surface area contributed by atoms with E-state index in [-0.39, 0.29) is 0 Å². The molecule has 1 saturated carbocycles. The van der Waals surface area contributed by atoms with Gasteiger partial charge < -0.3 is 10.1 Å². The SMILES string of the molecule is COC1CCC(NCc2cc(C)cc(C)c2)C1. The van der Waals surface area contributed by atoms with E-state index in [2.05, 4.69) is 37.4 Å². The number of hydrogen-bond donors (Lipinski definition) is 1. The minimum atomic E-state index is 0.465. The van der Waals surface area contributed by atoms with Crippen LogP contribution in [0.5, 0.6) is 0 Å². The zero-order valence-corrected chi connectivity index (χ0v) is 11.1. The Labute approximate surface area is 104 Å². The highest BCUT2D eigenvalue weighted by Crippen LogP contribution is 2.21. The van der Waals surface area contributed by atoms with E-state index < -0.39 is 0 Å². The Morgan fingerprint density at radius 2 is 1.88 bits per heavy atom. The molecule has 1 aromatic carbocycles. The van der Waals surface area contributed by atoms with Gasteiger partial charge in [0.05, 0.1) is 6.10 Å². The van der Waals surface area contributed by atoms with Crippen molar-refractivity contribution in [1.29, 1.82) is 0 Å². The largest absolute Gasteiger partial charge is 0.381 e. The van der Waals surface area contributed by atoms with Gasteiger partial charge in [-0.15, -0.1) is 0 Å². The van der Waals surface area contributed by atoms with Crippen LogP contribution in [0.4, 0.5) is 0 Å². The number of methoxy groups -OCH3 is 1. The molecule has 17 heavy (non-hydrogen) atoms. The van der Waals surface area contributed by atoms with Crippen molar-refractivity contribution in [3.8, 4) is 0 Å². The molecule has 1 aliphatic carbocycles. The van der Waals surface area contributed by atoms with Crippen molar-refractivity contribution in [2.45, 2.75) is 51.8 Å². The molecule has 2 unspecified atom stereocenters. The number of benzene rings is 1. The fraction of sp³-hybridized carbons (Fsp3) is 0.600. The van der Waals surface area contributed by atoms with Gasteiger partial charge >= 0.3 is 0 Å². The highest BCUT2D eigenvalue weighted by atomic mass is 16.5. The average molecular weight is 233 g/mol. The third-order valence-electron chi connectivity index (χ3n) is 3.59. The van der Waals surface area contributed by atoms with Crippen molar-refractivity contribution in [1.82, 2.24) is 5.32 Å². The summed E-state index contributed by atoms with van der Waals surface area (Å²) in [4.78, 5) is 0. The van der Waals surface area contributed by atoms with Crippen molar-refractivity contribution in [3.63, 3.8) is 0 Å². The van der Waals surface area contributed by atoms with E-state index in [1.54, 1.807) is 0 Å². The summed E-state index contributed by atoms with van der Waals surface area (Å²) >= 11 is 0. The van der Waals surface area contributed by atoms with Crippen LogP contribution in [0.1, 0.15) is 36.0 Å². The van der Waals surface area contributed by atoms with Crippen molar-refractivity contribution in [3.05, 3.63) is 34.9 Å². The van der Waals surface area contributed by atoms with Gasteiger partial charge in [-0.1, -0.05) is 29.3 Å². The first-order valence-electron chi connectivity index (χ1n) is 6.50. The number of ether oxygens (including phenoxy) is 1. The Hall–Kier alpha value is -0.860. The topological polar surface area (TPSA) is 21.3 Å². The number of aryl methyl sites for hydroxylation is 2. The van der Waals surface area contributed by atoms with E-state index in [1.165, 1.54) is 29.5 Å². The first-order chi connectivity index (χ1) is 8.17. The highest BCUT2D eigenvalue weighted by molar-refractivity contribution is 5.28. The summed E-state index contributed by atoms with van der Waals surface area (Å²) in [5.41, 5.74) is 4.09. The van der Waals surface area contributed by atoms with Gasteiger partial charge in [0.1, 0.15) is 0 Å². The Morgan fingerprint density at radius 1 is 1.18 bits per heavy atom. The van der Waals surface area contributed by atoms with E-state index in [0.29, 0.717) is 12.1 Å². The third kappa shape index (κ3) is 3.55. The summed E-state index contributed by atoms with van der Waals surface area (Å²) in [5.74, 6) is 0. The molecule has 2 rings (SSSR count). The molecular weight excluding hydrogens is 210 g/mol. The molecule has 1 aliphatic rings. The molecule has 0 aromatic heterocycles. The number of hydrogen-bond acceptors (Lipinski definition) is 2. The zero-order chi connectivity index (χ0) is 12.3. The smallest absolute Gasteiger partial charge is 0.0586 e. The summed E-state index contributed by atoms with van der Waals surface area (Å²) < 4.78 is 5.39. The predicted octanol–water partition coefficient (Wildman–Crippen LogP) is 2.96. The first kappa shape index (κ1) is 12.6.